The van der Waals surface area contributed by atoms with Gasteiger partial charge in [-0.05, 0) is 11.6 Å². The molecule has 0 aliphatic carbocycles. The second-order valence-corrected chi connectivity index (χ2v) is 3.14. The van der Waals surface area contributed by atoms with Gasteiger partial charge in [-0.1, -0.05) is 25.1 Å². The van der Waals surface area contributed by atoms with Crippen molar-refractivity contribution in [3.8, 4) is 0 Å². The number of ketones is 1. The van der Waals surface area contributed by atoms with E-state index >= 15 is 0 Å². The lowest BCUT2D eigenvalue weighted by atomic mass is 10.0. The molecule has 1 aromatic carbocycles. The number of Topliss-reactive ketones (excluding diaryl/α,β-unsaturated/α-hetero) is 1. The molecule has 4 heteroatoms. The Hall–Kier alpha value is -1.68. The van der Waals surface area contributed by atoms with E-state index in [0.717, 1.165) is 0 Å². The maximum Gasteiger partial charge on any atom is 0.337 e. The normalized spacial score (nSPS) is 12.1. The lowest BCUT2D eigenvalue weighted by molar-refractivity contribution is -0.146. The van der Waals surface area contributed by atoms with Crippen LogP contribution in [0.1, 0.15) is 35.4 Å². The molecule has 0 heterocycles. The molecule has 4 nitrogen and oxygen atoms in total. The Morgan fingerprint density at radius 1 is 1.40 bits per heavy atom. The highest BCUT2D eigenvalue weighted by Gasteiger charge is 2.16. The first-order valence-electron chi connectivity index (χ1n) is 4.60. The van der Waals surface area contributed by atoms with E-state index in [-0.39, 0.29) is 11.3 Å². The van der Waals surface area contributed by atoms with Crippen molar-refractivity contribution in [2.24, 2.45) is 0 Å². The first-order chi connectivity index (χ1) is 7.06. The first-order valence-corrected chi connectivity index (χ1v) is 4.60. The second kappa shape index (κ2) is 4.70. The molecular formula is C11H12O4. The summed E-state index contributed by atoms with van der Waals surface area (Å²) in [5, 5.41) is 17.9. The van der Waals surface area contributed by atoms with Crippen molar-refractivity contribution in [2.45, 2.75) is 19.4 Å². The van der Waals surface area contributed by atoms with Crippen LogP contribution in [0.2, 0.25) is 0 Å². The smallest absolute Gasteiger partial charge is 0.337 e. The topological polar surface area (TPSA) is 74.6 Å². The van der Waals surface area contributed by atoms with Crippen molar-refractivity contribution in [3.63, 3.8) is 0 Å². The molecule has 0 aromatic heterocycles. The van der Waals surface area contributed by atoms with E-state index in [9.17, 15) is 14.7 Å². The van der Waals surface area contributed by atoms with Crippen LogP contribution in [0, 0.1) is 0 Å². The quantitative estimate of drug-likeness (QED) is 0.733. The van der Waals surface area contributed by atoms with Crippen molar-refractivity contribution in [2.75, 3.05) is 0 Å². The van der Waals surface area contributed by atoms with Crippen LogP contribution in [-0.2, 0) is 4.79 Å². The van der Waals surface area contributed by atoms with Crippen LogP contribution in [0.4, 0.5) is 0 Å². The van der Waals surface area contributed by atoms with Gasteiger partial charge in [0.2, 0.25) is 0 Å². The summed E-state index contributed by atoms with van der Waals surface area (Å²) in [4.78, 5) is 21.8. The average molecular weight is 208 g/mol. The number of aliphatic hydroxyl groups excluding tert-OH is 1. The third-order valence-corrected chi connectivity index (χ3v) is 2.08. The highest BCUT2D eigenvalue weighted by molar-refractivity contribution is 5.96. The van der Waals surface area contributed by atoms with E-state index in [2.05, 4.69) is 0 Å². The Kier molecular flexibility index (Phi) is 3.57. The number of aliphatic carboxylic acids is 1. The average Bonchev–Trinajstić information content (AvgIpc) is 2.27. The fourth-order valence-electron chi connectivity index (χ4n) is 1.23. The number of aliphatic hydroxyl groups is 1. The highest BCUT2D eigenvalue weighted by atomic mass is 16.4. The molecule has 0 aliphatic rings. The van der Waals surface area contributed by atoms with Crippen molar-refractivity contribution in [1.29, 1.82) is 0 Å². The summed E-state index contributed by atoms with van der Waals surface area (Å²) in [6.45, 7) is 1.72. The number of hydrogen-bond acceptors (Lipinski definition) is 3. The largest absolute Gasteiger partial charge is 0.479 e. The van der Waals surface area contributed by atoms with Crippen LogP contribution in [0.5, 0.6) is 0 Å². The predicted molar refractivity (Wildman–Crippen MR) is 53.7 cm³/mol. The lowest BCUT2D eigenvalue weighted by Crippen LogP contribution is -2.11. The third-order valence-electron chi connectivity index (χ3n) is 2.08. The van der Waals surface area contributed by atoms with Gasteiger partial charge < -0.3 is 10.2 Å². The molecule has 0 amide bonds. The third kappa shape index (κ3) is 2.63. The van der Waals surface area contributed by atoms with Gasteiger partial charge in [0.05, 0.1) is 0 Å². The molecule has 0 spiro atoms. The molecule has 1 rings (SSSR count). The molecule has 80 valence electrons. The van der Waals surface area contributed by atoms with E-state index in [1.807, 2.05) is 0 Å². The van der Waals surface area contributed by atoms with E-state index in [1.54, 1.807) is 19.1 Å². The molecule has 15 heavy (non-hydrogen) atoms. The zero-order chi connectivity index (χ0) is 11.4. The molecule has 1 aromatic rings. The second-order valence-electron chi connectivity index (χ2n) is 3.14. The Bertz CT molecular complexity index is 384. The standard InChI is InChI=1S/C11H12O4/c1-2-9(12)7-4-3-5-8(6-7)10(13)11(14)15/h3-6,10,13H,2H2,1H3,(H,14,15). The predicted octanol–water partition coefficient (Wildman–Crippen LogP) is 1.40. The molecule has 0 saturated heterocycles. The number of carbonyl (C=O) groups excluding carboxylic acids is 1. The maximum atomic E-state index is 11.3. The van der Waals surface area contributed by atoms with Crippen LogP contribution >= 0.6 is 0 Å². The van der Waals surface area contributed by atoms with Gasteiger partial charge in [0, 0.05) is 12.0 Å². The number of benzene rings is 1. The van der Waals surface area contributed by atoms with E-state index in [0.29, 0.717) is 12.0 Å². The summed E-state index contributed by atoms with van der Waals surface area (Å²) in [7, 11) is 0. The number of carboxylic acids is 1. The van der Waals surface area contributed by atoms with Crippen LogP contribution in [0.25, 0.3) is 0 Å². The fourth-order valence-corrected chi connectivity index (χ4v) is 1.23. The monoisotopic (exact) mass is 208 g/mol. The van der Waals surface area contributed by atoms with Gasteiger partial charge >= 0.3 is 5.97 Å². The Balaban J connectivity index is 3.02. The Labute approximate surface area is 87.2 Å². The minimum Gasteiger partial charge on any atom is -0.479 e. The SMILES string of the molecule is CCC(=O)c1cccc(C(O)C(=O)O)c1. The van der Waals surface area contributed by atoms with Crippen LogP contribution in [0.3, 0.4) is 0 Å². The molecule has 0 saturated carbocycles. The number of rotatable bonds is 4. The van der Waals surface area contributed by atoms with Crippen molar-refractivity contribution in [3.05, 3.63) is 35.4 Å². The van der Waals surface area contributed by atoms with Crippen molar-refractivity contribution >= 4 is 11.8 Å². The van der Waals surface area contributed by atoms with Crippen LogP contribution in [-0.4, -0.2) is 22.0 Å². The zero-order valence-electron chi connectivity index (χ0n) is 8.30. The van der Waals surface area contributed by atoms with Gasteiger partial charge in [0.25, 0.3) is 0 Å². The molecule has 1 atom stereocenters. The number of hydrogen-bond donors (Lipinski definition) is 2. The first kappa shape index (κ1) is 11.4. The van der Waals surface area contributed by atoms with Gasteiger partial charge in [0.1, 0.15) is 0 Å². The molecule has 0 bridgehead atoms. The molecule has 2 N–H and O–H groups in total. The van der Waals surface area contributed by atoms with Gasteiger partial charge in [-0.2, -0.15) is 0 Å². The Morgan fingerprint density at radius 3 is 2.60 bits per heavy atom. The van der Waals surface area contributed by atoms with E-state index in [1.165, 1.54) is 12.1 Å². The van der Waals surface area contributed by atoms with E-state index < -0.39 is 12.1 Å². The number of carboxylic acid groups (broad SMARTS) is 1. The lowest BCUT2D eigenvalue weighted by Gasteiger charge is -2.06. The van der Waals surface area contributed by atoms with Gasteiger partial charge in [0.15, 0.2) is 11.9 Å². The van der Waals surface area contributed by atoms with Crippen LogP contribution in [0.15, 0.2) is 24.3 Å². The molecule has 1 unspecified atom stereocenters. The van der Waals surface area contributed by atoms with Gasteiger partial charge in [-0.15, -0.1) is 0 Å². The fraction of sp³-hybridized carbons (Fsp3) is 0.273. The summed E-state index contributed by atoms with van der Waals surface area (Å²) in [6, 6.07) is 6.05. The molecule has 0 radical (unpaired) electrons. The van der Waals surface area contributed by atoms with Gasteiger partial charge in [-0.3, -0.25) is 4.79 Å². The summed E-state index contributed by atoms with van der Waals surface area (Å²) in [5.41, 5.74) is 0.650. The van der Waals surface area contributed by atoms with E-state index in [4.69, 9.17) is 5.11 Å². The summed E-state index contributed by atoms with van der Waals surface area (Å²) >= 11 is 0. The number of carbonyl (C=O) groups is 2. The molecule has 0 aliphatic heterocycles. The minimum atomic E-state index is -1.57. The van der Waals surface area contributed by atoms with Crippen molar-refractivity contribution < 1.29 is 19.8 Å². The Morgan fingerprint density at radius 2 is 2.07 bits per heavy atom. The minimum absolute atomic E-state index is 0.0746. The summed E-state index contributed by atoms with van der Waals surface area (Å²) in [5.74, 6) is -1.40. The summed E-state index contributed by atoms with van der Waals surface area (Å²) in [6.07, 6.45) is -1.22. The van der Waals surface area contributed by atoms with Crippen molar-refractivity contribution in [1.82, 2.24) is 0 Å². The zero-order valence-corrected chi connectivity index (χ0v) is 8.30. The highest BCUT2D eigenvalue weighted by Crippen LogP contribution is 2.15. The van der Waals surface area contributed by atoms with Gasteiger partial charge in [-0.25, -0.2) is 4.79 Å². The molecule has 0 fully saturated rings. The summed E-state index contributed by atoms with van der Waals surface area (Å²) < 4.78 is 0. The molecular weight excluding hydrogens is 196 g/mol. The van der Waals surface area contributed by atoms with Crippen LogP contribution < -0.4 is 0 Å². The maximum absolute atomic E-state index is 11.3.